The van der Waals surface area contributed by atoms with Crippen molar-refractivity contribution in [3.63, 3.8) is 0 Å². The smallest absolute Gasteiger partial charge is 0.282 e. The summed E-state index contributed by atoms with van der Waals surface area (Å²) in [7, 11) is -1.43. The fraction of sp³-hybridized carbons (Fsp3) is 0.611. The largest absolute Gasteiger partial charge is 0.340 e. The number of aryl methyl sites for hydroxylation is 1. The molecule has 27 heavy (non-hydrogen) atoms. The van der Waals surface area contributed by atoms with Crippen molar-refractivity contribution < 1.29 is 13.2 Å². The molecule has 0 unspecified atom stereocenters. The van der Waals surface area contributed by atoms with Crippen molar-refractivity contribution >= 4 is 27.7 Å². The Hall–Kier alpha value is -1.19. The molecule has 0 radical (unpaired) electrons. The number of hydrogen-bond acceptors (Lipinski definition) is 4. The van der Waals surface area contributed by atoms with Crippen molar-refractivity contribution in [3.8, 4) is 0 Å². The van der Waals surface area contributed by atoms with E-state index in [2.05, 4.69) is 4.90 Å². The molecule has 2 aliphatic rings. The van der Waals surface area contributed by atoms with E-state index < -0.39 is 10.2 Å². The monoisotopic (exact) mass is 414 g/mol. The van der Waals surface area contributed by atoms with Gasteiger partial charge in [-0.1, -0.05) is 23.7 Å². The summed E-state index contributed by atoms with van der Waals surface area (Å²) in [5.41, 5.74) is 1.03. The fourth-order valence-electron chi connectivity index (χ4n) is 3.45. The molecule has 0 saturated carbocycles. The summed E-state index contributed by atoms with van der Waals surface area (Å²) in [4.78, 5) is 16.4. The molecule has 2 aliphatic heterocycles. The van der Waals surface area contributed by atoms with E-state index in [1.54, 1.807) is 9.21 Å². The summed E-state index contributed by atoms with van der Waals surface area (Å²) in [6, 6.07) is 7.52. The summed E-state index contributed by atoms with van der Waals surface area (Å²) in [6.07, 6.45) is 1.05. The topological polar surface area (TPSA) is 64.2 Å². The normalized spacial score (nSPS) is 20.7. The lowest BCUT2D eigenvalue weighted by Crippen LogP contribution is -2.57. The number of likely N-dealkylation sites (N-methyl/N-ethyl adjacent to an activating group) is 1. The van der Waals surface area contributed by atoms with Gasteiger partial charge < -0.3 is 9.80 Å². The zero-order chi connectivity index (χ0) is 19.4. The molecule has 9 heteroatoms. The molecule has 3 rings (SSSR count). The van der Waals surface area contributed by atoms with Gasteiger partial charge in [-0.15, -0.1) is 0 Å². The first-order chi connectivity index (χ1) is 12.9. The molecule has 1 aromatic rings. The number of amides is 1. The minimum atomic E-state index is -3.43. The molecule has 0 N–H and O–H groups in total. The molecule has 0 bridgehead atoms. The van der Waals surface area contributed by atoms with Crippen LogP contribution < -0.4 is 0 Å². The highest BCUT2D eigenvalue weighted by Crippen LogP contribution is 2.16. The first kappa shape index (κ1) is 20.5. The van der Waals surface area contributed by atoms with Crippen molar-refractivity contribution in [3.05, 3.63) is 34.9 Å². The van der Waals surface area contributed by atoms with Crippen molar-refractivity contribution in [2.24, 2.45) is 0 Å². The molecule has 0 aromatic heterocycles. The zero-order valence-electron chi connectivity index (χ0n) is 15.7. The van der Waals surface area contributed by atoms with Gasteiger partial charge in [0.05, 0.1) is 0 Å². The summed E-state index contributed by atoms with van der Waals surface area (Å²) in [5.74, 6) is 0.0617. The van der Waals surface area contributed by atoms with Gasteiger partial charge in [-0.25, -0.2) is 0 Å². The molecule has 1 aromatic carbocycles. The van der Waals surface area contributed by atoms with Gasteiger partial charge in [-0.2, -0.15) is 17.0 Å². The third kappa shape index (κ3) is 5.20. The van der Waals surface area contributed by atoms with Gasteiger partial charge in [0.1, 0.15) is 0 Å². The van der Waals surface area contributed by atoms with Crippen LogP contribution in [0.15, 0.2) is 24.3 Å². The van der Waals surface area contributed by atoms with Gasteiger partial charge in [0, 0.05) is 63.8 Å². The zero-order valence-corrected chi connectivity index (χ0v) is 17.3. The number of carbonyl (C=O) groups is 1. The standard InChI is InChI=1S/C18H27ClN4O3S/c1-20-7-11-22(12-8-20)27(25,26)23-13-9-21(10-14-23)18(24)6-5-16-3-2-4-17(19)15-16/h2-4,15H,5-14H2,1H3. The van der Waals surface area contributed by atoms with Crippen LogP contribution in [0, 0.1) is 0 Å². The molecule has 1 amide bonds. The van der Waals surface area contributed by atoms with Crippen LogP contribution in [0.4, 0.5) is 0 Å². The maximum absolute atomic E-state index is 12.8. The van der Waals surface area contributed by atoms with E-state index >= 15 is 0 Å². The Morgan fingerprint density at radius 1 is 1.00 bits per heavy atom. The van der Waals surface area contributed by atoms with Crippen LogP contribution in [-0.4, -0.2) is 92.1 Å². The SMILES string of the molecule is CN1CCN(S(=O)(=O)N2CCN(C(=O)CCc3cccc(Cl)c3)CC2)CC1. The summed E-state index contributed by atoms with van der Waals surface area (Å²) >= 11 is 5.98. The molecule has 150 valence electrons. The first-order valence-corrected chi connectivity index (χ1v) is 11.1. The Morgan fingerprint density at radius 2 is 1.59 bits per heavy atom. The van der Waals surface area contributed by atoms with Crippen LogP contribution >= 0.6 is 11.6 Å². The van der Waals surface area contributed by atoms with Crippen LogP contribution in [0.3, 0.4) is 0 Å². The quantitative estimate of drug-likeness (QED) is 0.718. The third-order valence-corrected chi connectivity index (χ3v) is 7.49. The predicted molar refractivity (Wildman–Crippen MR) is 106 cm³/mol. The highest BCUT2D eigenvalue weighted by Gasteiger charge is 2.34. The average molecular weight is 415 g/mol. The van der Waals surface area contributed by atoms with Crippen LogP contribution in [0.1, 0.15) is 12.0 Å². The molecular formula is C18H27ClN4O3S. The second-order valence-corrected chi connectivity index (χ2v) is 9.48. The number of nitrogens with zero attached hydrogens (tertiary/aromatic N) is 4. The van der Waals surface area contributed by atoms with Crippen LogP contribution in [0.25, 0.3) is 0 Å². The van der Waals surface area contributed by atoms with Gasteiger partial charge in [0.15, 0.2) is 0 Å². The average Bonchev–Trinajstić information content (AvgIpc) is 2.66. The summed E-state index contributed by atoms with van der Waals surface area (Å²) in [5, 5.41) is 0.669. The van der Waals surface area contributed by atoms with E-state index in [0.717, 1.165) is 18.7 Å². The van der Waals surface area contributed by atoms with Crippen molar-refractivity contribution in [1.82, 2.24) is 18.4 Å². The Labute approximate surface area is 166 Å². The van der Waals surface area contributed by atoms with Gasteiger partial charge >= 0.3 is 0 Å². The van der Waals surface area contributed by atoms with Gasteiger partial charge in [0.2, 0.25) is 5.91 Å². The molecule has 2 heterocycles. The Bertz CT molecular complexity index is 758. The molecule has 0 spiro atoms. The Kier molecular flexibility index (Phi) is 6.75. The van der Waals surface area contributed by atoms with E-state index in [1.165, 1.54) is 4.31 Å². The maximum Gasteiger partial charge on any atom is 0.282 e. The minimum Gasteiger partial charge on any atom is -0.340 e. The van der Waals surface area contributed by atoms with Gasteiger partial charge in [-0.05, 0) is 31.2 Å². The molecule has 2 saturated heterocycles. The fourth-order valence-corrected chi connectivity index (χ4v) is 5.24. The number of benzene rings is 1. The third-order valence-electron chi connectivity index (χ3n) is 5.22. The van der Waals surface area contributed by atoms with E-state index in [4.69, 9.17) is 11.6 Å². The number of carbonyl (C=O) groups excluding carboxylic acids is 1. The van der Waals surface area contributed by atoms with Crippen molar-refractivity contribution in [2.75, 3.05) is 59.4 Å². The molecule has 0 aliphatic carbocycles. The van der Waals surface area contributed by atoms with Gasteiger partial charge in [0.25, 0.3) is 10.2 Å². The highest BCUT2D eigenvalue weighted by molar-refractivity contribution is 7.86. The summed E-state index contributed by atoms with van der Waals surface area (Å²) < 4.78 is 28.6. The lowest BCUT2D eigenvalue weighted by Gasteiger charge is -2.39. The van der Waals surface area contributed by atoms with E-state index in [9.17, 15) is 13.2 Å². The Balaban J connectivity index is 1.48. The van der Waals surface area contributed by atoms with Gasteiger partial charge in [-0.3, -0.25) is 4.79 Å². The highest BCUT2D eigenvalue weighted by atomic mass is 35.5. The number of halogens is 1. The van der Waals surface area contributed by atoms with Crippen molar-refractivity contribution in [2.45, 2.75) is 12.8 Å². The molecule has 0 atom stereocenters. The maximum atomic E-state index is 12.8. The summed E-state index contributed by atoms with van der Waals surface area (Å²) in [6.45, 7) is 4.16. The second-order valence-electron chi connectivity index (χ2n) is 7.12. The second kappa shape index (κ2) is 8.87. The minimum absolute atomic E-state index is 0.0617. The van der Waals surface area contributed by atoms with E-state index in [0.29, 0.717) is 57.1 Å². The predicted octanol–water partition coefficient (Wildman–Crippen LogP) is 0.909. The van der Waals surface area contributed by atoms with Crippen LogP contribution in [-0.2, 0) is 21.4 Å². The lowest BCUT2D eigenvalue weighted by atomic mass is 10.1. The van der Waals surface area contributed by atoms with E-state index in [-0.39, 0.29) is 5.91 Å². The first-order valence-electron chi connectivity index (χ1n) is 9.32. The van der Waals surface area contributed by atoms with Crippen LogP contribution in [0.5, 0.6) is 0 Å². The lowest BCUT2D eigenvalue weighted by molar-refractivity contribution is -0.132. The number of piperazine rings is 2. The van der Waals surface area contributed by atoms with Crippen LogP contribution in [0.2, 0.25) is 5.02 Å². The number of rotatable bonds is 5. The van der Waals surface area contributed by atoms with E-state index in [1.807, 2.05) is 31.3 Å². The molecule has 2 fully saturated rings. The Morgan fingerprint density at radius 3 is 2.19 bits per heavy atom. The molecular weight excluding hydrogens is 388 g/mol. The van der Waals surface area contributed by atoms with Crippen molar-refractivity contribution in [1.29, 1.82) is 0 Å². The molecule has 7 nitrogen and oxygen atoms in total. The number of hydrogen-bond donors (Lipinski definition) is 0.